The maximum atomic E-state index is 13.8. The molecule has 3 bridgehead atoms. The third kappa shape index (κ3) is 5.28. The van der Waals surface area contributed by atoms with Crippen LogP contribution in [-0.4, -0.2) is 94.9 Å². The molecule has 222 valence electrons. The highest BCUT2D eigenvalue weighted by Crippen LogP contribution is 2.56. The van der Waals surface area contributed by atoms with E-state index in [9.17, 15) is 14.7 Å². The molecular formula is C29H46BrNO8. The number of aliphatic hydroxyl groups is 1. The number of nitrogens with zero attached hydrogens (tertiary/aromatic N) is 1. The Kier molecular flexibility index (Phi) is 8.82. The number of rotatable bonds is 5. The van der Waals surface area contributed by atoms with Crippen molar-refractivity contribution in [1.29, 1.82) is 0 Å². The number of esters is 1. The molecule has 39 heavy (non-hydrogen) atoms. The van der Waals surface area contributed by atoms with E-state index >= 15 is 0 Å². The number of carbonyl (C=O) groups excluding carboxylic acids is 2. The molecule has 1 N–H and O–H groups in total. The lowest BCUT2D eigenvalue weighted by Gasteiger charge is -2.46. The Morgan fingerprint density at radius 2 is 1.82 bits per heavy atom. The van der Waals surface area contributed by atoms with E-state index in [-0.39, 0.29) is 23.8 Å². The fourth-order valence-electron chi connectivity index (χ4n) is 7.16. The first kappa shape index (κ1) is 31.1. The first-order chi connectivity index (χ1) is 18.1. The van der Waals surface area contributed by atoms with Gasteiger partial charge >= 0.3 is 5.97 Å². The minimum Gasteiger partial charge on any atom is -0.458 e. The fourth-order valence-corrected chi connectivity index (χ4v) is 7.72. The highest BCUT2D eigenvalue weighted by Gasteiger charge is 2.65. The molecule has 0 radical (unpaired) electrons. The molecule has 4 aliphatic rings. The summed E-state index contributed by atoms with van der Waals surface area (Å²) in [5.74, 6) is -3.84. The number of ketones is 1. The van der Waals surface area contributed by atoms with Crippen molar-refractivity contribution in [3.8, 4) is 0 Å². The smallest absolute Gasteiger partial charge is 0.316 e. The topological polar surface area (TPSA) is 104 Å². The second-order valence-electron chi connectivity index (χ2n) is 12.7. The summed E-state index contributed by atoms with van der Waals surface area (Å²) in [6.07, 6.45) is 0.207. The predicted octanol–water partition coefficient (Wildman–Crippen LogP) is 3.60. The van der Waals surface area contributed by atoms with Crippen LogP contribution in [0.2, 0.25) is 0 Å². The number of carbonyl (C=O) groups is 2. The molecule has 1 spiro atoms. The number of halogens is 1. The van der Waals surface area contributed by atoms with Crippen LogP contribution in [0.5, 0.6) is 0 Å². The molecule has 4 rings (SSSR count). The van der Waals surface area contributed by atoms with Gasteiger partial charge in [0.05, 0.1) is 17.8 Å². The molecule has 10 heteroatoms. The minimum atomic E-state index is -1.09. The number of likely N-dealkylation sites (N-methyl/N-ethyl adjacent to an activating group) is 1. The summed E-state index contributed by atoms with van der Waals surface area (Å²) in [6, 6.07) is -0.180. The van der Waals surface area contributed by atoms with Gasteiger partial charge < -0.3 is 33.7 Å². The van der Waals surface area contributed by atoms with E-state index in [1.54, 1.807) is 13.8 Å². The van der Waals surface area contributed by atoms with E-state index < -0.39 is 59.4 Å². The van der Waals surface area contributed by atoms with Gasteiger partial charge in [-0.25, -0.2) is 0 Å². The SMILES string of the molecule is CC[C@H]1OC(=O)[C@H](C)C(=O)[C@H](C)[C@@H](O[C@@H]2O[C@H](C)C[C@H](N(C)C)[C@H]2O)[C@@]2(C)CC(C)C3(OC1(C)C=C3CBr)O2. The highest BCUT2D eigenvalue weighted by molar-refractivity contribution is 9.09. The van der Waals surface area contributed by atoms with Gasteiger partial charge in [-0.2, -0.15) is 0 Å². The van der Waals surface area contributed by atoms with Crippen LogP contribution in [0.15, 0.2) is 11.6 Å². The Balaban J connectivity index is 1.79. The minimum absolute atomic E-state index is 0.0986. The number of fused-ring (bicyclic) bond motifs is 2. The van der Waals surface area contributed by atoms with Crippen LogP contribution in [0.4, 0.5) is 0 Å². The molecular weight excluding hydrogens is 570 g/mol. The maximum Gasteiger partial charge on any atom is 0.316 e. The van der Waals surface area contributed by atoms with Crippen molar-refractivity contribution in [2.45, 2.75) is 121 Å². The van der Waals surface area contributed by atoms with Crippen molar-refractivity contribution >= 4 is 27.7 Å². The molecule has 4 aliphatic heterocycles. The quantitative estimate of drug-likeness (QED) is 0.215. The number of hydrogen-bond donors (Lipinski definition) is 1. The zero-order valence-electron chi connectivity index (χ0n) is 24.7. The number of hydrogen-bond acceptors (Lipinski definition) is 9. The van der Waals surface area contributed by atoms with Crippen LogP contribution < -0.4 is 0 Å². The Hall–Kier alpha value is -0.880. The van der Waals surface area contributed by atoms with E-state index in [1.165, 1.54) is 0 Å². The van der Waals surface area contributed by atoms with E-state index in [0.29, 0.717) is 24.6 Å². The molecule has 0 aromatic rings. The summed E-state index contributed by atoms with van der Waals surface area (Å²) in [4.78, 5) is 29.1. The lowest BCUT2D eigenvalue weighted by atomic mass is 9.79. The molecule has 3 unspecified atom stereocenters. The van der Waals surface area contributed by atoms with Crippen molar-refractivity contribution in [3.63, 3.8) is 0 Å². The van der Waals surface area contributed by atoms with Gasteiger partial charge in [0.15, 0.2) is 17.9 Å². The second-order valence-corrected chi connectivity index (χ2v) is 13.2. The zero-order valence-corrected chi connectivity index (χ0v) is 26.3. The van der Waals surface area contributed by atoms with Gasteiger partial charge in [-0.1, -0.05) is 36.7 Å². The third-order valence-electron chi connectivity index (χ3n) is 9.28. The van der Waals surface area contributed by atoms with Gasteiger partial charge in [-0.05, 0) is 72.7 Å². The lowest BCUT2D eigenvalue weighted by Crippen LogP contribution is -2.59. The number of cyclic esters (lactones) is 1. The van der Waals surface area contributed by atoms with Crippen LogP contribution >= 0.6 is 15.9 Å². The van der Waals surface area contributed by atoms with E-state index in [4.69, 9.17) is 23.7 Å². The fraction of sp³-hybridized carbons (Fsp3) is 0.862. The van der Waals surface area contributed by atoms with Crippen LogP contribution in [0, 0.1) is 17.8 Å². The first-order valence-corrected chi connectivity index (χ1v) is 15.3. The van der Waals surface area contributed by atoms with Gasteiger partial charge in [-0.3, -0.25) is 9.59 Å². The average Bonchev–Trinajstić information content (AvgIpc) is 3.31. The molecule has 3 fully saturated rings. The van der Waals surface area contributed by atoms with Crippen molar-refractivity contribution in [1.82, 2.24) is 4.90 Å². The zero-order chi connectivity index (χ0) is 29.1. The summed E-state index contributed by atoms with van der Waals surface area (Å²) in [5, 5.41) is 11.8. The van der Waals surface area contributed by atoms with Crippen LogP contribution in [0.1, 0.15) is 67.7 Å². The molecule has 12 atom stereocenters. The normalized spacial score (nSPS) is 48.9. The van der Waals surface area contributed by atoms with Gasteiger partial charge in [0.25, 0.3) is 0 Å². The van der Waals surface area contributed by atoms with Gasteiger partial charge in [-0.15, -0.1) is 0 Å². The Labute approximate surface area is 241 Å². The molecule has 0 aromatic heterocycles. The van der Waals surface area contributed by atoms with Crippen molar-refractivity contribution in [2.75, 3.05) is 19.4 Å². The van der Waals surface area contributed by atoms with Gasteiger partial charge in [0, 0.05) is 23.2 Å². The molecule has 0 amide bonds. The number of ether oxygens (including phenoxy) is 5. The lowest BCUT2D eigenvalue weighted by molar-refractivity contribution is -0.322. The second kappa shape index (κ2) is 11.1. The van der Waals surface area contributed by atoms with Crippen LogP contribution in [-0.2, 0) is 33.3 Å². The Morgan fingerprint density at radius 1 is 1.15 bits per heavy atom. The largest absolute Gasteiger partial charge is 0.458 e. The van der Waals surface area contributed by atoms with Crippen molar-refractivity contribution in [3.05, 3.63) is 11.6 Å². The van der Waals surface area contributed by atoms with Crippen LogP contribution in [0.3, 0.4) is 0 Å². The molecule has 0 saturated carbocycles. The van der Waals surface area contributed by atoms with E-state index in [1.807, 2.05) is 52.8 Å². The van der Waals surface area contributed by atoms with E-state index in [2.05, 4.69) is 22.9 Å². The van der Waals surface area contributed by atoms with Crippen LogP contribution in [0.25, 0.3) is 0 Å². The highest BCUT2D eigenvalue weighted by atomic mass is 79.9. The first-order valence-electron chi connectivity index (χ1n) is 14.2. The van der Waals surface area contributed by atoms with Crippen molar-refractivity contribution in [2.24, 2.45) is 17.8 Å². The average molecular weight is 617 g/mol. The number of Topliss-reactive ketones (excluding diaryl/α,β-unsaturated/α-hetero) is 1. The summed E-state index contributed by atoms with van der Waals surface area (Å²) in [5.41, 5.74) is -1.01. The standard InChI is InChI=1S/C29H46BrNO8/c1-10-21-27(6)13-19(14-30)29(38-27)15(2)12-28(7,39-29)24(17(4)22(32)18(5)25(34)36-21)37-26-23(33)20(31(8)9)11-16(3)35-26/h13,15-18,20-21,23-24,26,33H,10-12,14H2,1-9H3/t15?,16-,17+,18-,20+,21-,23-,24-,26+,27?,28-,29?/m1/s1. The van der Waals surface area contributed by atoms with E-state index in [0.717, 1.165) is 5.57 Å². The number of alkyl halides is 1. The van der Waals surface area contributed by atoms with Gasteiger partial charge in [0.2, 0.25) is 0 Å². The summed E-state index contributed by atoms with van der Waals surface area (Å²) in [6.45, 7) is 13.1. The monoisotopic (exact) mass is 615 g/mol. The molecule has 0 aromatic carbocycles. The molecule has 4 heterocycles. The molecule has 9 nitrogen and oxygen atoms in total. The number of aliphatic hydroxyl groups excluding tert-OH is 1. The predicted molar refractivity (Wildman–Crippen MR) is 148 cm³/mol. The van der Waals surface area contributed by atoms with Crippen molar-refractivity contribution < 1.29 is 38.4 Å². The molecule has 3 saturated heterocycles. The third-order valence-corrected chi connectivity index (χ3v) is 9.88. The molecule has 0 aliphatic carbocycles. The summed E-state index contributed by atoms with van der Waals surface area (Å²) < 4.78 is 32.4. The summed E-state index contributed by atoms with van der Waals surface area (Å²) >= 11 is 3.63. The van der Waals surface area contributed by atoms with Gasteiger partial charge in [0.1, 0.15) is 23.7 Å². The summed E-state index contributed by atoms with van der Waals surface area (Å²) in [7, 11) is 3.83. The Bertz CT molecular complexity index is 990. The Morgan fingerprint density at radius 3 is 2.41 bits per heavy atom. The maximum absolute atomic E-state index is 13.8.